The van der Waals surface area contributed by atoms with Crippen LogP contribution in [0.3, 0.4) is 0 Å². The molecule has 0 spiro atoms. The van der Waals surface area contributed by atoms with Gasteiger partial charge in [-0.3, -0.25) is 4.21 Å². The van der Waals surface area contributed by atoms with E-state index < -0.39 is 20.8 Å². The van der Waals surface area contributed by atoms with Crippen molar-refractivity contribution in [3.05, 3.63) is 0 Å². The Kier molecular flexibility index (Phi) is 4.49. The molecular weight excluding hydrogens is 226 g/mol. The summed E-state index contributed by atoms with van der Waals surface area (Å²) in [5, 5.41) is 8.51. The van der Waals surface area contributed by atoms with Gasteiger partial charge in [0.2, 0.25) is 10.0 Å². The Bertz CT molecular complexity index is 291. The van der Waals surface area contributed by atoms with Crippen molar-refractivity contribution in [1.29, 1.82) is 0 Å². The van der Waals surface area contributed by atoms with Crippen LogP contribution in [0.5, 0.6) is 0 Å². The standard InChI is InChI=1S/C7H15NO4S2/c9-3-6-14(11,12)8-7-1-4-13(10)5-2-7/h7-9H,1-6H2. The van der Waals surface area contributed by atoms with Gasteiger partial charge in [0.05, 0.1) is 12.4 Å². The van der Waals surface area contributed by atoms with E-state index in [1.54, 1.807) is 0 Å². The van der Waals surface area contributed by atoms with Crippen molar-refractivity contribution >= 4 is 20.8 Å². The van der Waals surface area contributed by atoms with E-state index >= 15 is 0 Å². The van der Waals surface area contributed by atoms with Crippen LogP contribution in [0.2, 0.25) is 0 Å². The topological polar surface area (TPSA) is 83.5 Å². The fourth-order valence-corrected chi connectivity index (χ4v) is 3.75. The van der Waals surface area contributed by atoms with Crippen molar-refractivity contribution in [2.75, 3.05) is 23.9 Å². The van der Waals surface area contributed by atoms with Gasteiger partial charge in [0.1, 0.15) is 0 Å². The van der Waals surface area contributed by atoms with E-state index in [-0.39, 0.29) is 18.4 Å². The second-order valence-corrected chi connectivity index (χ2v) is 6.85. The first-order chi connectivity index (χ1) is 6.53. The lowest BCUT2D eigenvalue weighted by Crippen LogP contribution is -2.41. The molecule has 0 aliphatic carbocycles. The lowest BCUT2D eigenvalue weighted by atomic mass is 10.2. The molecule has 0 bridgehead atoms. The molecule has 7 heteroatoms. The van der Waals surface area contributed by atoms with Crippen LogP contribution in [0.25, 0.3) is 0 Å². The highest BCUT2D eigenvalue weighted by Gasteiger charge is 2.22. The molecule has 1 rings (SSSR count). The number of nitrogens with one attached hydrogen (secondary N) is 1. The number of aliphatic hydroxyl groups is 1. The molecule has 0 amide bonds. The van der Waals surface area contributed by atoms with Crippen LogP contribution in [-0.2, 0) is 20.8 Å². The normalized spacial score (nSPS) is 28.9. The summed E-state index contributed by atoms with van der Waals surface area (Å²) >= 11 is 0. The number of sulfonamides is 1. The van der Waals surface area contributed by atoms with Crippen molar-refractivity contribution < 1.29 is 17.7 Å². The Balaban J connectivity index is 2.41. The minimum Gasteiger partial charge on any atom is -0.395 e. The minimum atomic E-state index is -3.35. The quantitative estimate of drug-likeness (QED) is 0.648. The number of aliphatic hydroxyl groups excluding tert-OH is 1. The van der Waals surface area contributed by atoms with Gasteiger partial charge in [0, 0.05) is 28.3 Å². The fourth-order valence-electron chi connectivity index (χ4n) is 1.34. The van der Waals surface area contributed by atoms with Crippen LogP contribution in [0.4, 0.5) is 0 Å². The van der Waals surface area contributed by atoms with Gasteiger partial charge in [-0.15, -0.1) is 0 Å². The number of hydrogen-bond donors (Lipinski definition) is 2. The fraction of sp³-hybridized carbons (Fsp3) is 1.00. The Labute approximate surface area is 86.4 Å². The molecule has 1 fully saturated rings. The molecule has 1 aliphatic rings. The van der Waals surface area contributed by atoms with Crippen LogP contribution in [0, 0.1) is 0 Å². The van der Waals surface area contributed by atoms with Crippen LogP contribution >= 0.6 is 0 Å². The van der Waals surface area contributed by atoms with Crippen LogP contribution in [-0.4, -0.2) is 47.6 Å². The lowest BCUT2D eigenvalue weighted by molar-refractivity contribution is 0.318. The van der Waals surface area contributed by atoms with E-state index in [0.717, 1.165) is 0 Å². The molecule has 14 heavy (non-hydrogen) atoms. The molecule has 1 saturated heterocycles. The minimum absolute atomic E-state index is 0.107. The maximum Gasteiger partial charge on any atom is 0.214 e. The number of hydrogen-bond acceptors (Lipinski definition) is 4. The second kappa shape index (κ2) is 5.20. The van der Waals surface area contributed by atoms with Gasteiger partial charge >= 0.3 is 0 Å². The zero-order chi connectivity index (χ0) is 10.6. The third kappa shape index (κ3) is 4.04. The average Bonchev–Trinajstić information content (AvgIpc) is 2.08. The summed E-state index contributed by atoms with van der Waals surface area (Å²) in [6.45, 7) is -0.367. The van der Waals surface area contributed by atoms with E-state index in [9.17, 15) is 12.6 Å². The summed E-state index contributed by atoms with van der Waals surface area (Å²) in [5.74, 6) is 0.866. The maximum atomic E-state index is 11.2. The van der Waals surface area contributed by atoms with Crippen LogP contribution in [0.15, 0.2) is 0 Å². The van der Waals surface area contributed by atoms with Crippen molar-refractivity contribution in [2.24, 2.45) is 0 Å². The highest BCUT2D eigenvalue weighted by atomic mass is 32.2. The predicted molar refractivity (Wildman–Crippen MR) is 54.9 cm³/mol. The molecule has 84 valence electrons. The lowest BCUT2D eigenvalue weighted by Gasteiger charge is -2.22. The van der Waals surface area contributed by atoms with Crippen molar-refractivity contribution in [2.45, 2.75) is 18.9 Å². The summed E-state index contributed by atoms with van der Waals surface area (Å²) in [6.07, 6.45) is 1.24. The summed E-state index contributed by atoms with van der Waals surface area (Å²) in [6, 6.07) is -0.107. The average molecular weight is 241 g/mol. The van der Waals surface area contributed by atoms with Crippen molar-refractivity contribution in [3.8, 4) is 0 Å². The van der Waals surface area contributed by atoms with Crippen molar-refractivity contribution in [1.82, 2.24) is 4.72 Å². The zero-order valence-electron chi connectivity index (χ0n) is 7.81. The molecule has 0 aromatic heterocycles. The summed E-state index contributed by atoms with van der Waals surface area (Å²) < 4.78 is 36.0. The van der Waals surface area contributed by atoms with Gasteiger partial charge in [-0.1, -0.05) is 0 Å². The molecule has 0 atom stereocenters. The SMILES string of the molecule is O=S1CCC(NS(=O)(=O)CCO)CC1. The molecule has 0 aromatic carbocycles. The van der Waals surface area contributed by atoms with Gasteiger partial charge < -0.3 is 5.11 Å². The van der Waals surface area contributed by atoms with Gasteiger partial charge in [-0.05, 0) is 12.8 Å². The molecule has 5 nitrogen and oxygen atoms in total. The Hall–Kier alpha value is 0.0200. The molecular formula is C7H15NO4S2. The Morgan fingerprint density at radius 1 is 1.36 bits per heavy atom. The van der Waals surface area contributed by atoms with Crippen LogP contribution in [0.1, 0.15) is 12.8 Å². The van der Waals surface area contributed by atoms with Gasteiger partial charge in [0.25, 0.3) is 0 Å². The third-order valence-corrected chi connectivity index (χ3v) is 4.89. The van der Waals surface area contributed by atoms with E-state index in [4.69, 9.17) is 5.11 Å². The molecule has 0 radical (unpaired) electrons. The smallest absolute Gasteiger partial charge is 0.214 e. The monoisotopic (exact) mass is 241 g/mol. The maximum absolute atomic E-state index is 11.2. The van der Waals surface area contributed by atoms with E-state index in [0.29, 0.717) is 24.3 Å². The number of rotatable bonds is 4. The van der Waals surface area contributed by atoms with Gasteiger partial charge in [-0.25, -0.2) is 13.1 Å². The molecule has 0 unspecified atom stereocenters. The predicted octanol–water partition coefficient (Wildman–Crippen LogP) is -1.19. The first-order valence-electron chi connectivity index (χ1n) is 4.49. The zero-order valence-corrected chi connectivity index (χ0v) is 9.44. The van der Waals surface area contributed by atoms with E-state index in [2.05, 4.69) is 4.72 Å². The Morgan fingerprint density at radius 3 is 2.43 bits per heavy atom. The van der Waals surface area contributed by atoms with Crippen LogP contribution < -0.4 is 4.72 Å². The summed E-state index contributed by atoms with van der Waals surface area (Å²) in [4.78, 5) is 0. The third-order valence-electron chi connectivity index (χ3n) is 2.09. The first kappa shape index (κ1) is 12.1. The molecule has 0 saturated carbocycles. The second-order valence-electron chi connectivity index (χ2n) is 3.28. The summed E-state index contributed by atoms with van der Waals surface area (Å²) in [5.41, 5.74) is 0. The van der Waals surface area contributed by atoms with Gasteiger partial charge in [0.15, 0.2) is 0 Å². The molecule has 0 aromatic rings. The first-order valence-corrected chi connectivity index (χ1v) is 7.63. The highest BCUT2D eigenvalue weighted by molar-refractivity contribution is 7.89. The van der Waals surface area contributed by atoms with Gasteiger partial charge in [-0.2, -0.15) is 0 Å². The molecule has 2 N–H and O–H groups in total. The Morgan fingerprint density at radius 2 is 1.93 bits per heavy atom. The van der Waals surface area contributed by atoms with E-state index in [1.165, 1.54) is 0 Å². The highest BCUT2D eigenvalue weighted by Crippen LogP contribution is 2.10. The van der Waals surface area contributed by atoms with Crippen molar-refractivity contribution in [3.63, 3.8) is 0 Å². The molecule has 1 heterocycles. The summed E-state index contributed by atoms with van der Waals surface area (Å²) in [7, 11) is -4.12. The largest absolute Gasteiger partial charge is 0.395 e. The van der Waals surface area contributed by atoms with E-state index in [1.807, 2.05) is 0 Å². The molecule has 1 aliphatic heterocycles.